The van der Waals surface area contributed by atoms with Crippen LogP contribution in [-0.4, -0.2) is 12.3 Å². The highest BCUT2D eigenvalue weighted by Gasteiger charge is 2.12. The largest absolute Gasteiger partial charge is 0.330 e. The first-order chi connectivity index (χ1) is 8.61. The van der Waals surface area contributed by atoms with E-state index in [-0.39, 0.29) is 5.78 Å². The molecule has 0 bridgehead atoms. The molecule has 2 nitrogen and oxygen atoms in total. The highest BCUT2D eigenvalue weighted by atomic mass is 79.9. The van der Waals surface area contributed by atoms with Gasteiger partial charge in [-0.1, -0.05) is 31.2 Å². The molecule has 18 heavy (non-hydrogen) atoms. The summed E-state index contributed by atoms with van der Waals surface area (Å²) in [6, 6.07) is 9.55. The number of thiophene rings is 1. The van der Waals surface area contributed by atoms with Crippen molar-refractivity contribution in [3.8, 4) is 0 Å². The second kappa shape index (κ2) is 5.78. The summed E-state index contributed by atoms with van der Waals surface area (Å²) in [5.74, 6) is 0.391. The third kappa shape index (κ3) is 2.88. The van der Waals surface area contributed by atoms with Crippen LogP contribution in [0.4, 0.5) is 0 Å². The lowest BCUT2D eigenvalue weighted by molar-refractivity contribution is 0.104. The standard InChI is InChI=1S/C14H14BrNOS/c1-9(7-16)10-2-4-11(5-3-10)14(17)13-6-12(15)8-18-13/h2-6,8-9H,7,16H2,1H3. The maximum Gasteiger partial charge on any atom is 0.202 e. The molecule has 2 rings (SSSR count). The molecule has 0 saturated heterocycles. The molecule has 0 fully saturated rings. The second-order valence-electron chi connectivity index (χ2n) is 4.22. The Hall–Kier alpha value is -0.970. The van der Waals surface area contributed by atoms with E-state index in [0.29, 0.717) is 12.5 Å². The number of hydrogen-bond acceptors (Lipinski definition) is 3. The van der Waals surface area contributed by atoms with E-state index in [1.165, 1.54) is 16.9 Å². The minimum atomic E-state index is 0.0673. The molecule has 0 spiro atoms. The molecule has 2 N–H and O–H groups in total. The van der Waals surface area contributed by atoms with Gasteiger partial charge in [-0.2, -0.15) is 0 Å². The number of carbonyl (C=O) groups is 1. The van der Waals surface area contributed by atoms with Gasteiger partial charge in [0.25, 0.3) is 0 Å². The summed E-state index contributed by atoms with van der Waals surface area (Å²) >= 11 is 4.81. The van der Waals surface area contributed by atoms with E-state index in [1.807, 2.05) is 35.7 Å². The molecule has 1 unspecified atom stereocenters. The number of rotatable bonds is 4. The average molecular weight is 324 g/mol. The topological polar surface area (TPSA) is 43.1 Å². The average Bonchev–Trinajstić information content (AvgIpc) is 2.84. The fraction of sp³-hybridized carbons (Fsp3) is 0.214. The van der Waals surface area contributed by atoms with Crippen molar-refractivity contribution >= 4 is 33.0 Å². The van der Waals surface area contributed by atoms with Crippen molar-refractivity contribution < 1.29 is 4.79 Å². The number of ketones is 1. The van der Waals surface area contributed by atoms with E-state index >= 15 is 0 Å². The van der Waals surface area contributed by atoms with Crippen LogP contribution in [0.1, 0.15) is 33.6 Å². The molecule has 1 heterocycles. The van der Waals surface area contributed by atoms with E-state index in [2.05, 4.69) is 22.9 Å². The normalized spacial score (nSPS) is 12.4. The van der Waals surface area contributed by atoms with Crippen LogP contribution >= 0.6 is 27.3 Å². The first kappa shape index (κ1) is 13.5. The fourth-order valence-corrected chi connectivity index (χ4v) is 3.06. The van der Waals surface area contributed by atoms with Crippen LogP contribution < -0.4 is 5.73 Å². The molecular weight excluding hydrogens is 310 g/mol. The molecule has 4 heteroatoms. The molecule has 94 valence electrons. The molecule has 1 atom stereocenters. The van der Waals surface area contributed by atoms with Crippen molar-refractivity contribution in [3.63, 3.8) is 0 Å². The van der Waals surface area contributed by atoms with Gasteiger partial charge in [-0.3, -0.25) is 4.79 Å². The Morgan fingerprint density at radius 2 is 2.06 bits per heavy atom. The van der Waals surface area contributed by atoms with Crippen molar-refractivity contribution in [2.24, 2.45) is 5.73 Å². The van der Waals surface area contributed by atoms with Crippen molar-refractivity contribution in [2.45, 2.75) is 12.8 Å². The maximum atomic E-state index is 12.2. The molecular formula is C14H14BrNOS. The highest BCUT2D eigenvalue weighted by Crippen LogP contribution is 2.23. The predicted octanol–water partition coefficient (Wildman–Crippen LogP) is 3.80. The van der Waals surface area contributed by atoms with E-state index in [1.54, 1.807) is 0 Å². The van der Waals surface area contributed by atoms with Gasteiger partial charge in [0.15, 0.2) is 0 Å². The first-order valence-electron chi connectivity index (χ1n) is 5.70. The Morgan fingerprint density at radius 1 is 1.39 bits per heavy atom. The molecule has 2 aromatic rings. The summed E-state index contributed by atoms with van der Waals surface area (Å²) < 4.78 is 0.948. The van der Waals surface area contributed by atoms with Gasteiger partial charge in [-0.15, -0.1) is 11.3 Å². The number of nitrogens with two attached hydrogens (primary N) is 1. The predicted molar refractivity (Wildman–Crippen MR) is 79.4 cm³/mol. The Bertz CT molecular complexity index is 547. The van der Waals surface area contributed by atoms with Gasteiger partial charge in [0.05, 0.1) is 4.88 Å². The fourth-order valence-electron chi connectivity index (χ4n) is 1.67. The second-order valence-corrected chi connectivity index (χ2v) is 6.04. The monoisotopic (exact) mass is 323 g/mol. The van der Waals surface area contributed by atoms with Gasteiger partial charge < -0.3 is 5.73 Å². The SMILES string of the molecule is CC(CN)c1ccc(C(=O)c2cc(Br)cs2)cc1. The van der Waals surface area contributed by atoms with E-state index in [0.717, 1.165) is 14.9 Å². The summed E-state index contributed by atoms with van der Waals surface area (Å²) in [4.78, 5) is 12.9. The lowest BCUT2D eigenvalue weighted by Crippen LogP contribution is -2.09. The van der Waals surface area contributed by atoms with E-state index < -0.39 is 0 Å². The summed E-state index contributed by atoms with van der Waals surface area (Å²) in [7, 11) is 0. The van der Waals surface area contributed by atoms with Crippen molar-refractivity contribution in [2.75, 3.05) is 6.54 Å². The third-order valence-electron chi connectivity index (χ3n) is 2.89. The summed E-state index contributed by atoms with van der Waals surface area (Å²) in [6.07, 6.45) is 0. The third-order valence-corrected chi connectivity index (χ3v) is 4.58. The minimum Gasteiger partial charge on any atom is -0.330 e. The number of benzene rings is 1. The highest BCUT2D eigenvalue weighted by molar-refractivity contribution is 9.10. The lowest BCUT2D eigenvalue weighted by atomic mass is 9.99. The smallest absolute Gasteiger partial charge is 0.202 e. The van der Waals surface area contributed by atoms with Crippen LogP contribution in [0.3, 0.4) is 0 Å². The molecule has 1 aromatic carbocycles. The van der Waals surface area contributed by atoms with Crippen LogP contribution in [0.15, 0.2) is 40.2 Å². The molecule has 0 amide bonds. The molecule has 0 aliphatic rings. The van der Waals surface area contributed by atoms with Crippen molar-refractivity contribution in [3.05, 3.63) is 56.2 Å². The van der Waals surface area contributed by atoms with E-state index in [4.69, 9.17) is 5.73 Å². The van der Waals surface area contributed by atoms with Crippen LogP contribution in [0.2, 0.25) is 0 Å². The Morgan fingerprint density at radius 3 is 2.56 bits per heavy atom. The number of carbonyl (C=O) groups excluding carboxylic acids is 1. The lowest BCUT2D eigenvalue weighted by Gasteiger charge is -2.08. The quantitative estimate of drug-likeness (QED) is 0.869. The van der Waals surface area contributed by atoms with Gasteiger partial charge in [-0.25, -0.2) is 0 Å². The molecule has 0 saturated carbocycles. The number of halogens is 1. The summed E-state index contributed by atoms with van der Waals surface area (Å²) in [5, 5.41) is 1.91. The summed E-state index contributed by atoms with van der Waals surface area (Å²) in [5.41, 5.74) is 7.51. The van der Waals surface area contributed by atoms with Gasteiger partial charge in [0.2, 0.25) is 5.78 Å². The number of hydrogen-bond donors (Lipinski definition) is 1. The van der Waals surface area contributed by atoms with Gasteiger partial charge >= 0.3 is 0 Å². The maximum absolute atomic E-state index is 12.2. The zero-order chi connectivity index (χ0) is 13.1. The van der Waals surface area contributed by atoms with Crippen LogP contribution in [0, 0.1) is 0 Å². The van der Waals surface area contributed by atoms with Crippen LogP contribution in [0.25, 0.3) is 0 Å². The van der Waals surface area contributed by atoms with E-state index in [9.17, 15) is 4.79 Å². The molecule has 1 aromatic heterocycles. The minimum absolute atomic E-state index is 0.0673. The summed E-state index contributed by atoms with van der Waals surface area (Å²) in [6.45, 7) is 2.69. The van der Waals surface area contributed by atoms with Crippen LogP contribution in [0.5, 0.6) is 0 Å². The van der Waals surface area contributed by atoms with Gasteiger partial charge in [-0.05, 0) is 40.0 Å². The van der Waals surface area contributed by atoms with Gasteiger partial charge in [0, 0.05) is 15.4 Å². The van der Waals surface area contributed by atoms with Crippen LogP contribution in [-0.2, 0) is 0 Å². The van der Waals surface area contributed by atoms with Crippen molar-refractivity contribution in [1.82, 2.24) is 0 Å². The van der Waals surface area contributed by atoms with Crippen molar-refractivity contribution in [1.29, 1.82) is 0 Å². The Kier molecular flexibility index (Phi) is 4.32. The Balaban J connectivity index is 2.22. The first-order valence-corrected chi connectivity index (χ1v) is 7.38. The zero-order valence-electron chi connectivity index (χ0n) is 10.0. The van der Waals surface area contributed by atoms with Gasteiger partial charge in [0.1, 0.15) is 0 Å². The Labute approximate surface area is 119 Å². The molecule has 0 radical (unpaired) electrons. The zero-order valence-corrected chi connectivity index (χ0v) is 12.4. The molecule has 0 aliphatic carbocycles. The molecule has 0 aliphatic heterocycles.